The molecule has 0 aliphatic carbocycles. The van der Waals surface area contributed by atoms with Crippen LogP contribution in [0.15, 0.2) is 48.5 Å². The average Bonchev–Trinajstić information content (AvgIpc) is 2.46. The van der Waals surface area contributed by atoms with E-state index < -0.39 is 0 Å². The molecule has 0 unspecified atom stereocenters. The monoisotopic (exact) mass is 287 g/mol. The summed E-state index contributed by atoms with van der Waals surface area (Å²) < 4.78 is 11.1. The highest BCUT2D eigenvalue weighted by Crippen LogP contribution is 2.19. The van der Waals surface area contributed by atoms with Crippen LogP contribution in [0.2, 0.25) is 0 Å². The summed E-state index contributed by atoms with van der Waals surface area (Å²) in [6, 6.07) is 15.6. The SMILES string of the molecule is Cc1ccc(C(N)=S)cc1OCOCc1ccccc1. The molecule has 0 bridgehead atoms. The van der Waals surface area contributed by atoms with Crippen LogP contribution in [-0.2, 0) is 11.3 Å². The highest BCUT2D eigenvalue weighted by Gasteiger charge is 2.03. The van der Waals surface area contributed by atoms with Crippen LogP contribution in [0.3, 0.4) is 0 Å². The second kappa shape index (κ2) is 7.03. The Morgan fingerprint density at radius 2 is 1.90 bits per heavy atom. The van der Waals surface area contributed by atoms with E-state index in [2.05, 4.69) is 0 Å². The molecule has 0 heterocycles. The van der Waals surface area contributed by atoms with Gasteiger partial charge in [-0.3, -0.25) is 0 Å². The van der Waals surface area contributed by atoms with Crippen molar-refractivity contribution in [1.82, 2.24) is 0 Å². The van der Waals surface area contributed by atoms with Gasteiger partial charge in [0.05, 0.1) is 6.61 Å². The van der Waals surface area contributed by atoms with Crippen LogP contribution in [0, 0.1) is 6.92 Å². The van der Waals surface area contributed by atoms with Gasteiger partial charge in [0.1, 0.15) is 10.7 Å². The Bertz CT molecular complexity index is 584. The molecule has 0 saturated carbocycles. The van der Waals surface area contributed by atoms with Gasteiger partial charge >= 0.3 is 0 Å². The van der Waals surface area contributed by atoms with Crippen molar-refractivity contribution in [1.29, 1.82) is 0 Å². The Balaban J connectivity index is 1.88. The van der Waals surface area contributed by atoms with Crippen molar-refractivity contribution >= 4 is 17.2 Å². The summed E-state index contributed by atoms with van der Waals surface area (Å²) in [7, 11) is 0. The van der Waals surface area contributed by atoms with Crippen LogP contribution < -0.4 is 10.5 Å². The standard InChI is InChI=1S/C16H17NO2S/c1-12-7-8-14(16(17)20)9-15(12)19-11-18-10-13-5-3-2-4-6-13/h2-9H,10-11H2,1H3,(H2,17,20). The Morgan fingerprint density at radius 1 is 1.15 bits per heavy atom. The first kappa shape index (κ1) is 14.5. The molecular formula is C16H17NO2S. The van der Waals surface area contributed by atoms with Gasteiger partial charge in [0, 0.05) is 5.56 Å². The molecule has 2 aromatic carbocycles. The second-order valence-electron chi connectivity index (χ2n) is 4.44. The van der Waals surface area contributed by atoms with Crippen molar-refractivity contribution in [3.8, 4) is 5.75 Å². The van der Waals surface area contributed by atoms with Crippen molar-refractivity contribution in [2.75, 3.05) is 6.79 Å². The molecule has 0 aromatic heterocycles. The molecule has 2 aromatic rings. The molecule has 0 amide bonds. The number of ether oxygens (including phenoxy) is 2. The van der Waals surface area contributed by atoms with Crippen molar-refractivity contribution in [2.45, 2.75) is 13.5 Å². The molecule has 20 heavy (non-hydrogen) atoms. The number of thiocarbonyl (C=S) groups is 1. The van der Waals surface area contributed by atoms with Gasteiger partial charge in [0.15, 0.2) is 6.79 Å². The fourth-order valence-electron chi connectivity index (χ4n) is 1.75. The topological polar surface area (TPSA) is 44.5 Å². The lowest BCUT2D eigenvalue weighted by atomic mass is 10.1. The van der Waals surface area contributed by atoms with E-state index in [0.29, 0.717) is 11.6 Å². The smallest absolute Gasteiger partial charge is 0.189 e. The van der Waals surface area contributed by atoms with Crippen LogP contribution in [-0.4, -0.2) is 11.8 Å². The number of aryl methyl sites for hydroxylation is 1. The highest BCUT2D eigenvalue weighted by atomic mass is 32.1. The molecule has 4 heteroatoms. The van der Waals surface area contributed by atoms with Crippen LogP contribution >= 0.6 is 12.2 Å². The first-order valence-corrected chi connectivity index (χ1v) is 6.72. The van der Waals surface area contributed by atoms with E-state index in [9.17, 15) is 0 Å². The number of nitrogens with two attached hydrogens (primary N) is 1. The molecule has 0 atom stereocenters. The van der Waals surface area contributed by atoms with Gasteiger partial charge < -0.3 is 15.2 Å². The summed E-state index contributed by atoms with van der Waals surface area (Å²) in [5, 5.41) is 0. The minimum atomic E-state index is 0.191. The number of benzene rings is 2. The first-order chi connectivity index (χ1) is 9.66. The predicted octanol–water partition coefficient (Wildman–Crippen LogP) is 3.18. The van der Waals surface area contributed by atoms with Crippen molar-refractivity contribution in [3.05, 3.63) is 65.2 Å². The maximum absolute atomic E-state index is 5.61. The fourth-order valence-corrected chi connectivity index (χ4v) is 1.87. The maximum atomic E-state index is 5.61. The Hall–Kier alpha value is -1.91. The lowest BCUT2D eigenvalue weighted by Gasteiger charge is -2.11. The zero-order chi connectivity index (χ0) is 14.4. The Morgan fingerprint density at radius 3 is 2.60 bits per heavy atom. The van der Waals surface area contributed by atoms with Gasteiger partial charge in [-0.1, -0.05) is 54.7 Å². The quantitative estimate of drug-likeness (QED) is 0.503. The van der Waals surface area contributed by atoms with E-state index >= 15 is 0 Å². The molecule has 0 radical (unpaired) electrons. The van der Waals surface area contributed by atoms with Crippen LogP contribution in [0.1, 0.15) is 16.7 Å². The second-order valence-corrected chi connectivity index (χ2v) is 4.88. The van der Waals surface area contributed by atoms with Crippen LogP contribution in [0.5, 0.6) is 5.75 Å². The van der Waals surface area contributed by atoms with Gasteiger partial charge in [-0.2, -0.15) is 0 Å². The molecule has 2 rings (SSSR count). The lowest BCUT2D eigenvalue weighted by molar-refractivity contribution is 0.00468. The number of rotatable bonds is 6. The molecular weight excluding hydrogens is 270 g/mol. The van der Waals surface area contributed by atoms with E-state index in [4.69, 9.17) is 27.4 Å². The minimum Gasteiger partial charge on any atom is -0.467 e. The lowest BCUT2D eigenvalue weighted by Crippen LogP contribution is -2.10. The summed E-state index contributed by atoms with van der Waals surface area (Å²) in [6.07, 6.45) is 0. The summed E-state index contributed by atoms with van der Waals surface area (Å²) in [4.78, 5) is 0.361. The van der Waals surface area contributed by atoms with Gasteiger partial charge in [-0.05, 0) is 24.1 Å². The van der Waals surface area contributed by atoms with Crippen molar-refractivity contribution < 1.29 is 9.47 Å². The molecule has 0 aliphatic heterocycles. The van der Waals surface area contributed by atoms with Gasteiger partial charge in [-0.15, -0.1) is 0 Å². The van der Waals surface area contributed by atoms with Crippen molar-refractivity contribution in [3.63, 3.8) is 0 Å². The van der Waals surface area contributed by atoms with Gasteiger partial charge in [0.25, 0.3) is 0 Å². The van der Waals surface area contributed by atoms with Crippen LogP contribution in [0.4, 0.5) is 0 Å². The summed E-state index contributed by atoms with van der Waals surface area (Å²) in [5.41, 5.74) is 8.54. The summed E-state index contributed by atoms with van der Waals surface area (Å²) >= 11 is 4.96. The third-order valence-corrected chi connectivity index (χ3v) is 3.12. The molecule has 2 N–H and O–H groups in total. The zero-order valence-electron chi connectivity index (χ0n) is 11.3. The highest BCUT2D eigenvalue weighted by molar-refractivity contribution is 7.80. The molecule has 104 valence electrons. The van der Waals surface area contributed by atoms with E-state index in [0.717, 1.165) is 22.4 Å². The predicted molar refractivity (Wildman–Crippen MR) is 83.8 cm³/mol. The first-order valence-electron chi connectivity index (χ1n) is 6.32. The summed E-state index contributed by atoms with van der Waals surface area (Å²) in [5.74, 6) is 0.739. The average molecular weight is 287 g/mol. The zero-order valence-corrected chi connectivity index (χ0v) is 12.2. The normalized spacial score (nSPS) is 10.2. The van der Waals surface area contributed by atoms with E-state index in [1.807, 2.05) is 55.5 Å². The van der Waals surface area contributed by atoms with Crippen LogP contribution in [0.25, 0.3) is 0 Å². The molecule has 0 saturated heterocycles. The molecule has 0 spiro atoms. The maximum Gasteiger partial charge on any atom is 0.189 e. The van der Waals surface area contributed by atoms with E-state index in [-0.39, 0.29) is 6.79 Å². The fraction of sp³-hybridized carbons (Fsp3) is 0.188. The van der Waals surface area contributed by atoms with Gasteiger partial charge in [-0.25, -0.2) is 0 Å². The number of hydrogen-bond donors (Lipinski definition) is 1. The largest absolute Gasteiger partial charge is 0.467 e. The third-order valence-electron chi connectivity index (χ3n) is 2.88. The van der Waals surface area contributed by atoms with Crippen molar-refractivity contribution in [2.24, 2.45) is 5.73 Å². The number of hydrogen-bond acceptors (Lipinski definition) is 3. The Kier molecular flexibility index (Phi) is 5.09. The minimum absolute atomic E-state index is 0.191. The Labute approximate surface area is 124 Å². The molecule has 0 fully saturated rings. The van der Waals surface area contributed by atoms with Gasteiger partial charge in [0.2, 0.25) is 0 Å². The van der Waals surface area contributed by atoms with E-state index in [1.165, 1.54) is 0 Å². The van der Waals surface area contributed by atoms with E-state index in [1.54, 1.807) is 0 Å². The third kappa shape index (κ3) is 4.05. The summed E-state index contributed by atoms with van der Waals surface area (Å²) in [6.45, 7) is 2.68. The molecule has 3 nitrogen and oxygen atoms in total. The molecule has 0 aliphatic rings.